The van der Waals surface area contributed by atoms with Gasteiger partial charge in [-0.2, -0.15) is 0 Å². The van der Waals surface area contributed by atoms with Crippen LogP contribution in [0.3, 0.4) is 0 Å². The van der Waals surface area contributed by atoms with Crippen LogP contribution < -0.4 is 5.32 Å². The molecule has 2 fully saturated rings. The number of nitrogens with zero attached hydrogens (tertiary/aromatic N) is 5. The van der Waals surface area contributed by atoms with E-state index in [2.05, 4.69) is 20.2 Å². The molecule has 0 atom stereocenters. The highest BCUT2D eigenvalue weighted by molar-refractivity contribution is 6.06. The molecule has 0 aliphatic carbocycles. The van der Waals surface area contributed by atoms with Gasteiger partial charge in [-0.3, -0.25) is 19.5 Å². The first-order valence-electron chi connectivity index (χ1n) is 13.4. The highest BCUT2D eigenvalue weighted by Crippen LogP contribution is 2.27. The number of aryl methyl sites for hydroxylation is 1. The number of Topliss-reactive ketones (excluding diaryl/α,β-unsaturated/α-hetero) is 1. The van der Waals surface area contributed by atoms with Crippen LogP contribution in [0.2, 0.25) is 0 Å². The second-order valence-electron chi connectivity index (χ2n) is 10.2. The quantitative estimate of drug-likeness (QED) is 0.394. The first-order valence-corrected chi connectivity index (χ1v) is 13.4. The van der Waals surface area contributed by atoms with Gasteiger partial charge in [0.1, 0.15) is 11.4 Å². The van der Waals surface area contributed by atoms with Gasteiger partial charge >= 0.3 is 0 Å². The van der Waals surface area contributed by atoms with Gasteiger partial charge in [-0.1, -0.05) is 18.2 Å². The number of ketones is 1. The summed E-state index contributed by atoms with van der Waals surface area (Å²) >= 11 is 0. The molecule has 3 aromatic heterocycles. The van der Waals surface area contributed by atoms with Crippen molar-refractivity contribution in [2.45, 2.75) is 25.3 Å². The van der Waals surface area contributed by atoms with Gasteiger partial charge in [-0.15, -0.1) is 0 Å². The predicted molar refractivity (Wildman–Crippen MR) is 146 cm³/mol. The average molecular weight is 509 g/mol. The summed E-state index contributed by atoms with van der Waals surface area (Å²) in [7, 11) is 0. The number of likely N-dealkylation sites (tertiary alicyclic amines) is 1. The van der Waals surface area contributed by atoms with Crippen molar-refractivity contribution in [3.8, 4) is 5.69 Å². The second kappa shape index (κ2) is 10.8. The smallest absolute Gasteiger partial charge is 0.256 e. The lowest BCUT2D eigenvalue weighted by molar-refractivity contribution is -0.118. The lowest BCUT2D eigenvalue weighted by atomic mass is 10.0. The largest absolute Gasteiger partial charge is 0.335 e. The number of carbonyl (C=O) groups excluding carboxylic acids is 2. The molecule has 2 saturated heterocycles. The van der Waals surface area contributed by atoms with Gasteiger partial charge in [0.2, 0.25) is 0 Å². The molecule has 8 heteroatoms. The van der Waals surface area contributed by atoms with Crippen LogP contribution in [0.15, 0.2) is 73.3 Å². The third kappa shape index (κ3) is 5.10. The van der Waals surface area contributed by atoms with Gasteiger partial charge < -0.3 is 14.8 Å². The van der Waals surface area contributed by atoms with E-state index >= 15 is 0 Å². The van der Waals surface area contributed by atoms with Crippen LogP contribution in [0, 0.1) is 0 Å². The number of rotatable bonds is 8. The normalized spacial score (nSPS) is 16.5. The Morgan fingerprint density at radius 2 is 1.74 bits per heavy atom. The molecule has 8 nitrogen and oxygen atoms in total. The summed E-state index contributed by atoms with van der Waals surface area (Å²) in [6, 6.07) is 16.2. The number of pyridine rings is 2. The zero-order valence-electron chi connectivity index (χ0n) is 21.4. The maximum absolute atomic E-state index is 13.5. The van der Waals surface area contributed by atoms with Crippen molar-refractivity contribution in [3.63, 3.8) is 0 Å². The number of benzene rings is 1. The standard InChI is InChI=1S/C30H32N6O2/c37-26(10-7-23-3-1-11-32-18-23)17-22-5-8-24(9-6-22)36-21-28(27-4-2-12-33-29(27)36)30(38)35-19-25(20-35)34-15-13-31-14-16-34/h1-6,8-9,11-12,18,21,25,31H,7,10,13-17,19-20H2. The molecule has 0 spiro atoms. The first-order chi connectivity index (χ1) is 18.7. The van der Waals surface area contributed by atoms with Crippen molar-refractivity contribution in [2.75, 3.05) is 39.3 Å². The molecule has 1 N–H and O–H groups in total. The molecule has 1 aromatic carbocycles. The molecule has 0 bridgehead atoms. The minimum Gasteiger partial charge on any atom is -0.335 e. The van der Waals surface area contributed by atoms with Crippen molar-refractivity contribution in [2.24, 2.45) is 0 Å². The minimum absolute atomic E-state index is 0.0592. The summed E-state index contributed by atoms with van der Waals surface area (Å²) in [5, 5.41) is 4.25. The molecular weight excluding hydrogens is 476 g/mol. The van der Waals surface area contributed by atoms with E-state index in [1.165, 1.54) is 0 Å². The molecule has 0 saturated carbocycles. The van der Waals surface area contributed by atoms with E-state index in [9.17, 15) is 9.59 Å². The molecule has 0 radical (unpaired) electrons. The Bertz CT molecular complexity index is 1420. The number of hydrogen-bond acceptors (Lipinski definition) is 6. The SMILES string of the molecule is O=C(CCc1cccnc1)Cc1ccc(-n2cc(C(=O)N3CC(N4CCNCC4)C3)c3cccnc32)cc1. The van der Waals surface area contributed by atoms with E-state index in [0.29, 0.717) is 30.9 Å². The van der Waals surface area contributed by atoms with E-state index < -0.39 is 0 Å². The van der Waals surface area contributed by atoms with E-state index in [0.717, 1.165) is 67.1 Å². The zero-order valence-corrected chi connectivity index (χ0v) is 21.4. The highest BCUT2D eigenvalue weighted by Gasteiger charge is 2.36. The molecule has 6 rings (SSSR count). The third-order valence-corrected chi connectivity index (χ3v) is 7.64. The van der Waals surface area contributed by atoms with E-state index in [4.69, 9.17) is 0 Å². The molecule has 2 aliphatic heterocycles. The van der Waals surface area contributed by atoms with Crippen molar-refractivity contribution >= 4 is 22.7 Å². The fourth-order valence-corrected chi connectivity index (χ4v) is 5.42. The summed E-state index contributed by atoms with van der Waals surface area (Å²) in [6.07, 6.45) is 8.82. The third-order valence-electron chi connectivity index (χ3n) is 7.64. The molecule has 0 unspecified atom stereocenters. The summed E-state index contributed by atoms with van der Waals surface area (Å²) in [5.74, 6) is 0.264. The van der Waals surface area contributed by atoms with Crippen molar-refractivity contribution in [3.05, 3.63) is 90.0 Å². The Hall–Kier alpha value is -3.88. The predicted octanol–water partition coefficient (Wildman–Crippen LogP) is 2.89. The van der Waals surface area contributed by atoms with Crippen LogP contribution in [0.5, 0.6) is 0 Å². The van der Waals surface area contributed by atoms with Gasteiger partial charge in [0.05, 0.1) is 5.56 Å². The van der Waals surface area contributed by atoms with Gasteiger partial charge in [0, 0.05) is 94.0 Å². The number of aromatic nitrogens is 3. The van der Waals surface area contributed by atoms with Crippen LogP contribution in [-0.2, 0) is 17.6 Å². The number of carbonyl (C=O) groups is 2. The van der Waals surface area contributed by atoms with Crippen molar-refractivity contribution in [1.29, 1.82) is 0 Å². The van der Waals surface area contributed by atoms with Gasteiger partial charge in [-0.05, 0) is 47.9 Å². The number of hydrogen-bond donors (Lipinski definition) is 1. The maximum Gasteiger partial charge on any atom is 0.256 e. The fourth-order valence-electron chi connectivity index (χ4n) is 5.42. The Kier molecular flexibility index (Phi) is 6.98. The van der Waals surface area contributed by atoms with E-state index in [-0.39, 0.29) is 11.7 Å². The lowest BCUT2D eigenvalue weighted by Crippen LogP contribution is -2.63. The zero-order chi connectivity index (χ0) is 25.9. The Labute approximate surface area is 222 Å². The van der Waals surface area contributed by atoms with E-state index in [1.807, 2.05) is 70.4 Å². The molecule has 38 heavy (non-hydrogen) atoms. The van der Waals surface area contributed by atoms with Crippen LogP contribution in [0.25, 0.3) is 16.7 Å². The summed E-state index contributed by atoms with van der Waals surface area (Å²) in [5.41, 5.74) is 4.41. The number of amides is 1. The van der Waals surface area contributed by atoms with Gasteiger partial charge in [0.15, 0.2) is 0 Å². The minimum atomic E-state index is 0.0592. The molecule has 194 valence electrons. The average Bonchev–Trinajstić information content (AvgIpc) is 3.32. The molecular formula is C30H32N6O2. The molecule has 5 heterocycles. The molecule has 4 aromatic rings. The number of fused-ring (bicyclic) bond motifs is 1. The second-order valence-corrected chi connectivity index (χ2v) is 10.2. The fraction of sp³-hybridized carbons (Fsp3) is 0.333. The Morgan fingerprint density at radius 3 is 2.50 bits per heavy atom. The Morgan fingerprint density at radius 1 is 0.947 bits per heavy atom. The topological polar surface area (TPSA) is 83.4 Å². The van der Waals surface area contributed by atoms with Crippen LogP contribution in [0.4, 0.5) is 0 Å². The summed E-state index contributed by atoms with van der Waals surface area (Å²) in [4.78, 5) is 39.1. The molecule has 2 aliphatic rings. The van der Waals surface area contributed by atoms with Crippen LogP contribution in [-0.4, -0.2) is 81.3 Å². The van der Waals surface area contributed by atoms with Crippen LogP contribution in [0.1, 0.15) is 27.9 Å². The summed E-state index contributed by atoms with van der Waals surface area (Å²) in [6.45, 7) is 5.67. The maximum atomic E-state index is 13.5. The first kappa shape index (κ1) is 24.5. The van der Waals surface area contributed by atoms with Gasteiger partial charge in [-0.25, -0.2) is 4.98 Å². The van der Waals surface area contributed by atoms with E-state index in [1.54, 1.807) is 12.4 Å². The van der Waals surface area contributed by atoms with Crippen molar-refractivity contribution in [1.82, 2.24) is 29.7 Å². The summed E-state index contributed by atoms with van der Waals surface area (Å²) < 4.78 is 1.98. The van der Waals surface area contributed by atoms with Gasteiger partial charge in [0.25, 0.3) is 5.91 Å². The highest BCUT2D eigenvalue weighted by atomic mass is 16.2. The number of piperazine rings is 1. The number of nitrogens with one attached hydrogen (secondary N) is 1. The monoisotopic (exact) mass is 508 g/mol. The lowest BCUT2D eigenvalue weighted by Gasteiger charge is -2.46. The van der Waals surface area contributed by atoms with Crippen LogP contribution >= 0.6 is 0 Å². The Balaban J connectivity index is 1.14. The molecule has 1 amide bonds. The van der Waals surface area contributed by atoms with Crippen molar-refractivity contribution < 1.29 is 9.59 Å².